The molecule has 4 rings (SSSR count). The third-order valence-electron chi connectivity index (χ3n) is 6.94. The summed E-state index contributed by atoms with van der Waals surface area (Å²) >= 11 is 0. The van der Waals surface area contributed by atoms with Crippen LogP contribution in [-0.4, -0.2) is 52.4 Å². The molecule has 0 radical (unpaired) electrons. The number of esters is 1. The van der Waals surface area contributed by atoms with Crippen LogP contribution in [-0.2, 0) is 19.1 Å². The maximum atomic E-state index is 13.1. The summed E-state index contributed by atoms with van der Waals surface area (Å²) in [4.78, 5) is 43.8. The molecule has 2 aliphatic rings. The number of carbonyl (C=O) groups is 3. The minimum absolute atomic E-state index is 0.0314. The van der Waals surface area contributed by atoms with Crippen molar-refractivity contribution in [2.75, 3.05) is 6.54 Å². The minimum Gasteiger partial charge on any atom is -0.457 e. The van der Waals surface area contributed by atoms with E-state index in [0.717, 1.165) is 22.0 Å². The lowest BCUT2D eigenvalue weighted by Crippen LogP contribution is -2.60. The fourth-order valence-corrected chi connectivity index (χ4v) is 4.68. The molecule has 2 aromatic rings. The van der Waals surface area contributed by atoms with Crippen molar-refractivity contribution in [3.8, 4) is 0 Å². The van der Waals surface area contributed by atoms with E-state index in [1.54, 1.807) is 13.1 Å². The van der Waals surface area contributed by atoms with Crippen LogP contribution < -0.4 is 16.1 Å². The number of hydrogen-bond acceptors (Lipinski definition) is 7. The molecular weight excluding hydrogens is 482 g/mol. The van der Waals surface area contributed by atoms with Crippen LogP contribution in [0.15, 0.2) is 48.8 Å². The van der Waals surface area contributed by atoms with Gasteiger partial charge in [-0.25, -0.2) is 5.43 Å². The highest BCUT2D eigenvalue weighted by molar-refractivity contribution is 5.90. The number of benzene rings is 1. The Kier molecular flexibility index (Phi) is 8.46. The van der Waals surface area contributed by atoms with Gasteiger partial charge in [0.05, 0.1) is 5.52 Å². The number of nitrogens with one attached hydrogen (secondary N) is 3. The zero-order valence-corrected chi connectivity index (χ0v) is 22.5. The van der Waals surface area contributed by atoms with Crippen LogP contribution in [0.5, 0.6) is 0 Å². The fraction of sp³-hybridized carbons (Fsp3) is 0.448. The first-order chi connectivity index (χ1) is 18.1. The Labute approximate surface area is 223 Å². The number of allylic oxidation sites excluding steroid dienone is 1. The Hall–Kier alpha value is -3.72. The minimum atomic E-state index is -0.780. The molecule has 1 saturated heterocycles. The molecular formula is C29H37N5O4. The van der Waals surface area contributed by atoms with Gasteiger partial charge in [-0.2, -0.15) is 0 Å². The molecule has 1 fully saturated rings. The van der Waals surface area contributed by atoms with Crippen molar-refractivity contribution in [1.82, 2.24) is 26.1 Å². The summed E-state index contributed by atoms with van der Waals surface area (Å²) in [7, 11) is 0. The summed E-state index contributed by atoms with van der Waals surface area (Å²) in [6, 6.07) is 5.97. The first-order valence-corrected chi connectivity index (χ1v) is 13.2. The number of amides is 2. The molecule has 4 atom stereocenters. The number of rotatable bonds is 1. The number of cyclic esters (lactones) is 1. The van der Waals surface area contributed by atoms with E-state index in [1.807, 2.05) is 57.2 Å². The van der Waals surface area contributed by atoms with Gasteiger partial charge in [-0.05, 0) is 56.4 Å². The molecule has 3 heterocycles. The van der Waals surface area contributed by atoms with Crippen molar-refractivity contribution in [1.29, 1.82) is 0 Å². The van der Waals surface area contributed by atoms with Gasteiger partial charge in [0, 0.05) is 35.8 Å². The smallest absolute Gasteiger partial charge is 0.325 e. The molecule has 9 heteroatoms. The molecule has 0 unspecified atom stereocenters. The lowest BCUT2D eigenvalue weighted by molar-refractivity contribution is -0.157. The lowest BCUT2D eigenvalue weighted by Gasteiger charge is -2.35. The van der Waals surface area contributed by atoms with Crippen molar-refractivity contribution in [3.63, 3.8) is 0 Å². The van der Waals surface area contributed by atoms with Crippen LogP contribution in [0.25, 0.3) is 17.0 Å². The van der Waals surface area contributed by atoms with E-state index in [1.165, 1.54) is 5.01 Å². The molecule has 202 valence electrons. The first-order valence-electron chi connectivity index (χ1n) is 13.2. The second-order valence-corrected chi connectivity index (χ2v) is 10.4. The summed E-state index contributed by atoms with van der Waals surface area (Å²) in [5.74, 6) is -1.06. The molecule has 5 bridgehead atoms. The largest absolute Gasteiger partial charge is 0.457 e. The predicted octanol–water partition coefficient (Wildman–Crippen LogP) is 3.38. The van der Waals surface area contributed by atoms with Gasteiger partial charge >= 0.3 is 5.97 Å². The number of carbonyl (C=O) groups excluding carboxylic acids is 3. The highest BCUT2D eigenvalue weighted by atomic mass is 16.5. The van der Waals surface area contributed by atoms with Crippen LogP contribution in [0.3, 0.4) is 0 Å². The highest BCUT2D eigenvalue weighted by Crippen LogP contribution is 2.24. The molecule has 1 aromatic heterocycles. The molecule has 2 aliphatic heterocycles. The summed E-state index contributed by atoms with van der Waals surface area (Å²) < 4.78 is 5.77. The summed E-state index contributed by atoms with van der Waals surface area (Å²) in [6.07, 6.45) is 6.91. The quantitative estimate of drug-likeness (QED) is 0.495. The van der Waals surface area contributed by atoms with Crippen LogP contribution in [0.4, 0.5) is 0 Å². The van der Waals surface area contributed by atoms with Crippen LogP contribution >= 0.6 is 0 Å². The number of ether oxygens (including phenoxy) is 1. The van der Waals surface area contributed by atoms with Crippen molar-refractivity contribution in [3.05, 3.63) is 59.9 Å². The molecule has 0 aliphatic carbocycles. The Balaban J connectivity index is 1.64. The van der Waals surface area contributed by atoms with E-state index in [4.69, 9.17) is 4.74 Å². The van der Waals surface area contributed by atoms with Crippen molar-refractivity contribution >= 4 is 34.8 Å². The summed E-state index contributed by atoms with van der Waals surface area (Å²) in [6.45, 7) is 11.9. The van der Waals surface area contributed by atoms with E-state index in [2.05, 4.69) is 27.6 Å². The number of pyridine rings is 1. The van der Waals surface area contributed by atoms with Gasteiger partial charge < -0.3 is 15.4 Å². The average Bonchev–Trinajstić information content (AvgIpc) is 2.90. The van der Waals surface area contributed by atoms with Gasteiger partial charge in [-0.1, -0.05) is 38.6 Å². The van der Waals surface area contributed by atoms with Crippen molar-refractivity contribution in [2.45, 2.75) is 71.2 Å². The second-order valence-electron chi connectivity index (χ2n) is 10.4. The van der Waals surface area contributed by atoms with Crippen LogP contribution in [0.2, 0.25) is 0 Å². The predicted molar refractivity (Wildman–Crippen MR) is 146 cm³/mol. The van der Waals surface area contributed by atoms with Crippen LogP contribution in [0.1, 0.15) is 64.2 Å². The zero-order valence-electron chi connectivity index (χ0n) is 22.5. The molecule has 0 saturated carbocycles. The normalized spacial score (nSPS) is 26.6. The molecule has 9 nitrogen and oxygen atoms in total. The Bertz CT molecular complexity index is 1260. The molecule has 2 amide bonds. The number of nitrogens with zero attached hydrogens (tertiary/aromatic N) is 2. The highest BCUT2D eigenvalue weighted by Gasteiger charge is 2.33. The Morgan fingerprint density at radius 3 is 2.68 bits per heavy atom. The van der Waals surface area contributed by atoms with Crippen molar-refractivity contribution < 1.29 is 19.1 Å². The van der Waals surface area contributed by atoms with Crippen molar-refractivity contribution in [2.24, 2.45) is 5.92 Å². The number of aromatic nitrogens is 1. The third kappa shape index (κ3) is 6.39. The van der Waals surface area contributed by atoms with Gasteiger partial charge in [0.2, 0.25) is 5.91 Å². The molecule has 0 spiro atoms. The third-order valence-corrected chi connectivity index (χ3v) is 6.94. The van der Waals surface area contributed by atoms with E-state index in [0.29, 0.717) is 31.5 Å². The topological polar surface area (TPSA) is 113 Å². The van der Waals surface area contributed by atoms with E-state index >= 15 is 0 Å². The summed E-state index contributed by atoms with van der Waals surface area (Å²) in [5.41, 5.74) is 6.34. The van der Waals surface area contributed by atoms with Gasteiger partial charge in [-0.3, -0.25) is 24.4 Å². The Morgan fingerprint density at radius 2 is 1.92 bits per heavy atom. The lowest BCUT2D eigenvalue weighted by atomic mass is 10.0. The zero-order chi connectivity index (χ0) is 27.4. The van der Waals surface area contributed by atoms with E-state index in [9.17, 15) is 14.4 Å². The fourth-order valence-electron chi connectivity index (χ4n) is 4.68. The standard InChI is InChI=1S/C29H37N5O4/c1-17(2)26-27(35)32-19(4)28(36)34-13-7-10-25(33-34)29(37)38-20(5)23-15-22-14-21(9-6-8-18(3)31-26)11-12-24(22)30-16-23/h6,9,11-12,14-17,19-20,25-26,31,33H,3,7-8,10,13H2,1-2,4-5H3,(H,32,35)/b9-6+/t19-,20+,25-,26-/m0/s1. The van der Waals surface area contributed by atoms with Crippen LogP contribution in [0, 0.1) is 5.92 Å². The maximum absolute atomic E-state index is 13.1. The molecule has 1 aromatic carbocycles. The summed E-state index contributed by atoms with van der Waals surface area (Å²) in [5, 5.41) is 8.41. The monoisotopic (exact) mass is 519 g/mol. The van der Waals surface area contributed by atoms with E-state index in [-0.39, 0.29) is 17.7 Å². The average molecular weight is 520 g/mol. The number of fused-ring (bicyclic) bond motifs is 4. The SMILES string of the molecule is C=C1C/C=C/c2ccc3ncc(cc3c2)[C@@H](C)OC(=O)[C@@H]2CCCN(N2)C(=O)[C@H](C)NC(=O)[C@H](C(C)C)N1. The maximum Gasteiger partial charge on any atom is 0.325 e. The Morgan fingerprint density at radius 1 is 1.13 bits per heavy atom. The molecule has 38 heavy (non-hydrogen) atoms. The first kappa shape index (κ1) is 27.3. The van der Waals surface area contributed by atoms with Gasteiger partial charge in [0.15, 0.2) is 0 Å². The number of hydrogen-bond donors (Lipinski definition) is 3. The number of hydrazine groups is 1. The van der Waals surface area contributed by atoms with Gasteiger partial charge in [0.25, 0.3) is 5.91 Å². The van der Waals surface area contributed by atoms with Gasteiger partial charge in [-0.15, -0.1) is 0 Å². The molecule has 3 N–H and O–H groups in total. The van der Waals surface area contributed by atoms with Gasteiger partial charge in [0.1, 0.15) is 24.2 Å². The van der Waals surface area contributed by atoms with E-state index < -0.39 is 30.2 Å². The second kappa shape index (κ2) is 11.8.